The molecule has 19 heteroatoms. The van der Waals surface area contributed by atoms with Crippen LogP contribution < -0.4 is 4.74 Å². The number of benzene rings is 1. The molecule has 1 aromatic rings. The van der Waals surface area contributed by atoms with Crippen LogP contribution in [0.3, 0.4) is 0 Å². The lowest BCUT2D eigenvalue weighted by Crippen LogP contribution is -2.74. The summed E-state index contributed by atoms with van der Waals surface area (Å²) in [5, 5.41) is 8.53. The van der Waals surface area contributed by atoms with E-state index in [1.54, 1.807) is 6.07 Å². The Labute approximate surface area is 188 Å². The van der Waals surface area contributed by atoms with Gasteiger partial charge in [0.1, 0.15) is 5.75 Å². The third-order valence-corrected chi connectivity index (χ3v) is 4.46. The van der Waals surface area contributed by atoms with E-state index in [1.165, 1.54) is 0 Å². The largest absolute Gasteiger partial charge is 0.493 e. The van der Waals surface area contributed by atoms with E-state index in [9.17, 15) is 74.6 Å². The fraction of sp³-hybridized carbons (Fsp3) is 0.588. The summed E-state index contributed by atoms with van der Waals surface area (Å²) in [7, 11) is 0. The van der Waals surface area contributed by atoms with Crippen molar-refractivity contribution >= 4 is 0 Å². The third-order valence-electron chi connectivity index (χ3n) is 4.46. The smallest absolute Gasteiger partial charge is 0.460 e. The standard InChI is InChI=1S/C17H8F17NO/c18-10(19,5-6-36-9-3-1-8(7-35)2-4-9)11(20,21)12(22,23)13(24,25)14(26,27)15(28,29)16(30,31)17(32,33)34/h1-4H,5-6H2. The van der Waals surface area contributed by atoms with E-state index in [0.29, 0.717) is 0 Å². The van der Waals surface area contributed by atoms with E-state index < -0.39 is 66.4 Å². The Balaban J connectivity index is 3.32. The molecule has 0 atom stereocenters. The maximum absolute atomic E-state index is 13.7. The average Bonchev–Trinajstić information content (AvgIpc) is 2.72. The number of alkyl halides is 17. The zero-order chi connectivity index (χ0) is 28.8. The summed E-state index contributed by atoms with van der Waals surface area (Å²) in [4.78, 5) is 0. The first-order valence-corrected chi connectivity index (χ1v) is 8.60. The normalized spacial score (nSPS) is 15.0. The maximum Gasteiger partial charge on any atom is 0.460 e. The molecule has 0 radical (unpaired) electrons. The van der Waals surface area contributed by atoms with Gasteiger partial charge in [-0.15, -0.1) is 0 Å². The van der Waals surface area contributed by atoms with Gasteiger partial charge in [-0.05, 0) is 24.3 Å². The quantitative estimate of drug-likeness (QED) is 0.279. The Morgan fingerprint density at radius 3 is 1.28 bits per heavy atom. The van der Waals surface area contributed by atoms with Crippen LogP contribution in [0.2, 0.25) is 0 Å². The molecule has 0 N–H and O–H groups in total. The third kappa shape index (κ3) is 4.58. The molecule has 0 aliphatic heterocycles. The summed E-state index contributed by atoms with van der Waals surface area (Å²) >= 11 is 0. The van der Waals surface area contributed by atoms with E-state index in [-0.39, 0.29) is 5.56 Å². The zero-order valence-electron chi connectivity index (χ0n) is 16.5. The second kappa shape index (κ2) is 9.01. The van der Waals surface area contributed by atoms with Gasteiger partial charge in [0, 0.05) is 0 Å². The van der Waals surface area contributed by atoms with Crippen LogP contribution in [-0.4, -0.2) is 54.2 Å². The number of hydrogen-bond donors (Lipinski definition) is 0. The molecule has 206 valence electrons. The molecule has 0 bridgehead atoms. The van der Waals surface area contributed by atoms with Crippen LogP contribution in [-0.2, 0) is 0 Å². The minimum absolute atomic E-state index is 0.0464. The predicted molar refractivity (Wildman–Crippen MR) is 82.0 cm³/mol. The van der Waals surface area contributed by atoms with E-state index in [4.69, 9.17) is 5.26 Å². The van der Waals surface area contributed by atoms with Gasteiger partial charge in [0.15, 0.2) is 0 Å². The highest BCUT2D eigenvalue weighted by Gasteiger charge is 2.95. The first-order valence-electron chi connectivity index (χ1n) is 8.60. The zero-order valence-corrected chi connectivity index (χ0v) is 16.5. The van der Waals surface area contributed by atoms with Crippen LogP contribution in [0.15, 0.2) is 24.3 Å². The molecular formula is C17H8F17NO. The summed E-state index contributed by atoms with van der Waals surface area (Å²) in [5.74, 6) is -57.0. The van der Waals surface area contributed by atoms with Gasteiger partial charge in [-0.1, -0.05) is 0 Å². The summed E-state index contributed by atoms with van der Waals surface area (Å²) in [6.07, 6.45) is -10.5. The van der Waals surface area contributed by atoms with Crippen molar-refractivity contribution in [1.82, 2.24) is 0 Å². The minimum Gasteiger partial charge on any atom is -0.493 e. The number of nitrogens with zero attached hydrogens (tertiary/aromatic N) is 1. The topological polar surface area (TPSA) is 33.0 Å². The molecule has 0 spiro atoms. The van der Waals surface area contributed by atoms with Crippen molar-refractivity contribution < 1.29 is 79.4 Å². The molecule has 1 aromatic carbocycles. The fourth-order valence-corrected chi connectivity index (χ4v) is 2.28. The fourth-order valence-electron chi connectivity index (χ4n) is 2.28. The molecule has 0 saturated carbocycles. The van der Waals surface area contributed by atoms with Gasteiger partial charge >= 0.3 is 47.6 Å². The van der Waals surface area contributed by atoms with E-state index >= 15 is 0 Å². The van der Waals surface area contributed by atoms with Gasteiger partial charge in [0.25, 0.3) is 0 Å². The average molecular weight is 565 g/mol. The van der Waals surface area contributed by atoms with Crippen molar-refractivity contribution in [2.75, 3.05) is 6.61 Å². The van der Waals surface area contributed by atoms with Gasteiger partial charge in [-0.2, -0.15) is 79.9 Å². The van der Waals surface area contributed by atoms with Crippen LogP contribution in [0.4, 0.5) is 74.6 Å². The van der Waals surface area contributed by atoms with Gasteiger partial charge < -0.3 is 4.74 Å². The van der Waals surface area contributed by atoms with E-state index in [0.717, 1.165) is 24.3 Å². The molecule has 0 saturated heterocycles. The number of ether oxygens (including phenoxy) is 1. The van der Waals surface area contributed by atoms with Crippen molar-refractivity contribution in [3.63, 3.8) is 0 Å². The second-order valence-electron chi connectivity index (χ2n) is 6.88. The lowest BCUT2D eigenvalue weighted by Gasteiger charge is -2.42. The van der Waals surface area contributed by atoms with Crippen LogP contribution in [0.25, 0.3) is 0 Å². The molecule has 0 unspecified atom stereocenters. The van der Waals surface area contributed by atoms with Gasteiger partial charge in [-0.25, -0.2) is 0 Å². The van der Waals surface area contributed by atoms with Crippen LogP contribution in [0.1, 0.15) is 12.0 Å². The number of halogens is 17. The highest BCUT2D eigenvalue weighted by molar-refractivity contribution is 5.34. The summed E-state index contributed by atoms with van der Waals surface area (Å²) in [6, 6.07) is 5.20. The lowest BCUT2D eigenvalue weighted by atomic mass is 9.88. The first kappa shape index (κ1) is 31.4. The second-order valence-corrected chi connectivity index (χ2v) is 6.88. The molecule has 2 nitrogen and oxygen atoms in total. The molecule has 0 aliphatic carbocycles. The number of nitriles is 1. The summed E-state index contributed by atoms with van der Waals surface area (Å²) in [5.41, 5.74) is -0.0464. The molecule has 0 fully saturated rings. The van der Waals surface area contributed by atoms with Crippen LogP contribution in [0, 0.1) is 11.3 Å². The Bertz CT molecular complexity index is 959. The minimum atomic E-state index is -8.65. The van der Waals surface area contributed by atoms with Crippen LogP contribution in [0.5, 0.6) is 5.75 Å². The Hall–Kier alpha value is -2.68. The monoisotopic (exact) mass is 565 g/mol. The van der Waals surface area contributed by atoms with E-state index in [2.05, 4.69) is 4.74 Å². The Morgan fingerprint density at radius 2 is 0.917 bits per heavy atom. The SMILES string of the molecule is N#Cc1ccc(OCCC(F)(F)C(F)(F)C(F)(F)C(F)(F)C(F)(F)C(F)(F)C(F)(F)C(F)(F)F)cc1. The van der Waals surface area contributed by atoms with Gasteiger partial charge in [0.2, 0.25) is 0 Å². The molecule has 1 rings (SSSR count). The Morgan fingerprint density at radius 1 is 0.556 bits per heavy atom. The van der Waals surface area contributed by atoms with Gasteiger partial charge in [0.05, 0.1) is 24.7 Å². The summed E-state index contributed by atoms with van der Waals surface area (Å²) in [6.45, 7) is -1.76. The highest BCUT2D eigenvalue weighted by Crippen LogP contribution is 2.64. The first-order chi connectivity index (χ1) is 15.8. The molecule has 0 aromatic heterocycles. The van der Waals surface area contributed by atoms with Crippen molar-refractivity contribution in [3.8, 4) is 11.8 Å². The van der Waals surface area contributed by atoms with Gasteiger partial charge in [-0.3, -0.25) is 0 Å². The Kier molecular flexibility index (Phi) is 7.85. The van der Waals surface area contributed by atoms with Crippen molar-refractivity contribution in [2.24, 2.45) is 0 Å². The molecule has 0 heterocycles. The van der Waals surface area contributed by atoms with Crippen molar-refractivity contribution in [2.45, 2.75) is 54.1 Å². The number of hydrogen-bond acceptors (Lipinski definition) is 2. The van der Waals surface area contributed by atoms with Crippen molar-refractivity contribution in [1.29, 1.82) is 5.26 Å². The van der Waals surface area contributed by atoms with E-state index in [1.807, 2.05) is 0 Å². The van der Waals surface area contributed by atoms with Crippen LogP contribution >= 0.6 is 0 Å². The predicted octanol–water partition coefficient (Wildman–Crippen LogP) is 7.34. The maximum atomic E-state index is 13.7. The highest BCUT2D eigenvalue weighted by atomic mass is 19.4. The summed E-state index contributed by atoms with van der Waals surface area (Å²) < 4.78 is 228. The molecule has 36 heavy (non-hydrogen) atoms. The molecule has 0 amide bonds. The number of rotatable bonds is 10. The molecular weight excluding hydrogens is 557 g/mol. The van der Waals surface area contributed by atoms with Crippen molar-refractivity contribution in [3.05, 3.63) is 29.8 Å². The molecule has 0 aliphatic rings. The lowest BCUT2D eigenvalue weighted by molar-refractivity contribution is -0.461.